The predicted octanol–water partition coefficient (Wildman–Crippen LogP) is 3.42. The maximum Gasteiger partial charge on any atom is 0.364 e. The summed E-state index contributed by atoms with van der Waals surface area (Å²) in [6.45, 7) is 11.9. The third kappa shape index (κ3) is 4.93. The molecule has 0 aromatic heterocycles. The largest absolute Gasteiger partial charge is 0.391 e. The first-order chi connectivity index (χ1) is 6.74. The Labute approximate surface area is 89.6 Å². The standard InChI is InChI=1S/C11H24O2Si/c1-5-9-12-14(8-4,11-7-3)13-10-6-2/h8H,4-7,9-11H2,1-3H3. The van der Waals surface area contributed by atoms with Crippen molar-refractivity contribution in [2.75, 3.05) is 13.2 Å². The molecule has 84 valence electrons. The second kappa shape index (κ2) is 8.21. The molecule has 0 unspecified atom stereocenters. The summed E-state index contributed by atoms with van der Waals surface area (Å²) in [6, 6.07) is 1.02. The van der Waals surface area contributed by atoms with Gasteiger partial charge in [0.25, 0.3) is 0 Å². The van der Waals surface area contributed by atoms with Gasteiger partial charge in [-0.25, -0.2) is 0 Å². The molecule has 0 aliphatic rings. The summed E-state index contributed by atoms with van der Waals surface area (Å²) in [4.78, 5) is 0. The first-order valence-corrected chi connectivity index (χ1v) is 7.76. The van der Waals surface area contributed by atoms with Crippen LogP contribution in [0.3, 0.4) is 0 Å². The van der Waals surface area contributed by atoms with E-state index in [1.807, 2.05) is 5.70 Å². The lowest BCUT2D eigenvalue weighted by molar-refractivity contribution is 0.178. The second-order valence-corrected chi connectivity index (χ2v) is 6.57. The third-order valence-corrected chi connectivity index (χ3v) is 5.21. The molecular formula is C11H24O2Si. The summed E-state index contributed by atoms with van der Waals surface area (Å²) in [5.41, 5.74) is 1.93. The Morgan fingerprint density at radius 2 is 1.50 bits per heavy atom. The molecule has 14 heavy (non-hydrogen) atoms. The molecule has 0 aromatic carbocycles. The molecule has 0 aliphatic heterocycles. The fraction of sp³-hybridized carbons (Fsp3) is 0.818. The first-order valence-electron chi connectivity index (χ1n) is 5.66. The molecule has 2 nitrogen and oxygen atoms in total. The first kappa shape index (κ1) is 13.9. The Morgan fingerprint density at radius 1 is 1.00 bits per heavy atom. The molecule has 0 spiro atoms. The van der Waals surface area contributed by atoms with Crippen molar-refractivity contribution in [2.24, 2.45) is 0 Å². The van der Waals surface area contributed by atoms with Crippen LogP contribution in [0.25, 0.3) is 0 Å². The molecule has 0 aliphatic carbocycles. The van der Waals surface area contributed by atoms with E-state index in [1.54, 1.807) is 0 Å². The molecule has 0 bridgehead atoms. The number of rotatable bonds is 9. The van der Waals surface area contributed by atoms with E-state index in [0.29, 0.717) is 0 Å². The lowest BCUT2D eigenvalue weighted by Crippen LogP contribution is -2.40. The van der Waals surface area contributed by atoms with Gasteiger partial charge in [0.2, 0.25) is 0 Å². The molecule has 0 saturated carbocycles. The molecule has 0 saturated heterocycles. The molecule has 0 atom stereocenters. The van der Waals surface area contributed by atoms with E-state index >= 15 is 0 Å². The highest BCUT2D eigenvalue weighted by Gasteiger charge is 2.32. The summed E-state index contributed by atoms with van der Waals surface area (Å²) in [5, 5.41) is 0. The Bertz CT molecular complexity index is 140. The van der Waals surface area contributed by atoms with Crippen LogP contribution < -0.4 is 0 Å². The molecule has 3 heteroatoms. The van der Waals surface area contributed by atoms with Crippen molar-refractivity contribution in [1.29, 1.82) is 0 Å². The van der Waals surface area contributed by atoms with Gasteiger partial charge < -0.3 is 8.85 Å². The average Bonchev–Trinajstić information content (AvgIpc) is 2.22. The molecule has 0 amide bonds. The van der Waals surface area contributed by atoms with Crippen LogP contribution in [0.4, 0.5) is 0 Å². The maximum atomic E-state index is 5.87. The van der Waals surface area contributed by atoms with Crippen molar-refractivity contribution in [3.8, 4) is 0 Å². The van der Waals surface area contributed by atoms with Crippen molar-refractivity contribution in [1.82, 2.24) is 0 Å². The fourth-order valence-corrected chi connectivity index (χ4v) is 3.91. The van der Waals surface area contributed by atoms with Crippen LogP contribution in [0.5, 0.6) is 0 Å². The quantitative estimate of drug-likeness (QED) is 0.550. The van der Waals surface area contributed by atoms with Crippen molar-refractivity contribution >= 4 is 8.56 Å². The smallest absolute Gasteiger partial charge is 0.364 e. The van der Waals surface area contributed by atoms with Gasteiger partial charge in [0.05, 0.1) is 0 Å². The molecule has 0 fully saturated rings. The maximum absolute atomic E-state index is 5.87. The van der Waals surface area contributed by atoms with E-state index in [2.05, 4.69) is 27.4 Å². The minimum absolute atomic E-state index is 0.794. The average molecular weight is 216 g/mol. The topological polar surface area (TPSA) is 18.5 Å². The van der Waals surface area contributed by atoms with Crippen LogP contribution in [0.15, 0.2) is 12.3 Å². The summed E-state index contributed by atoms with van der Waals surface area (Å²) >= 11 is 0. The van der Waals surface area contributed by atoms with Crippen LogP contribution >= 0.6 is 0 Å². The van der Waals surface area contributed by atoms with Crippen LogP contribution in [0.2, 0.25) is 6.04 Å². The van der Waals surface area contributed by atoms with Crippen LogP contribution in [0, 0.1) is 0 Å². The van der Waals surface area contributed by atoms with E-state index in [1.165, 1.54) is 0 Å². The van der Waals surface area contributed by atoms with E-state index < -0.39 is 8.56 Å². The van der Waals surface area contributed by atoms with Crippen molar-refractivity contribution < 1.29 is 8.85 Å². The molecule has 0 aromatic rings. The SMILES string of the molecule is C=C[Si](CCC)(OCCC)OCCC. The van der Waals surface area contributed by atoms with Gasteiger partial charge in [-0.2, -0.15) is 0 Å². The van der Waals surface area contributed by atoms with Crippen LogP contribution in [-0.2, 0) is 8.85 Å². The minimum atomic E-state index is -2.05. The fourth-order valence-electron chi connectivity index (χ4n) is 1.30. The summed E-state index contributed by atoms with van der Waals surface area (Å²) in [5.74, 6) is 0. The zero-order valence-corrected chi connectivity index (χ0v) is 10.8. The van der Waals surface area contributed by atoms with Gasteiger partial charge in [-0.1, -0.05) is 27.2 Å². The number of hydrogen-bond acceptors (Lipinski definition) is 2. The Balaban J connectivity index is 4.18. The third-order valence-electron chi connectivity index (χ3n) is 2.01. The Kier molecular flexibility index (Phi) is 8.13. The van der Waals surface area contributed by atoms with E-state index in [9.17, 15) is 0 Å². The Hall–Kier alpha value is -0.123. The van der Waals surface area contributed by atoms with Crippen LogP contribution in [-0.4, -0.2) is 21.8 Å². The van der Waals surface area contributed by atoms with Gasteiger partial charge in [-0.3, -0.25) is 0 Å². The van der Waals surface area contributed by atoms with Gasteiger partial charge in [-0.05, 0) is 24.6 Å². The van der Waals surface area contributed by atoms with Gasteiger partial charge in [-0.15, -0.1) is 6.58 Å². The van der Waals surface area contributed by atoms with Crippen molar-refractivity contribution in [3.63, 3.8) is 0 Å². The second-order valence-electron chi connectivity index (χ2n) is 3.46. The zero-order valence-electron chi connectivity index (χ0n) is 9.84. The minimum Gasteiger partial charge on any atom is -0.391 e. The molecule has 0 N–H and O–H groups in total. The molecule has 0 heterocycles. The van der Waals surface area contributed by atoms with E-state index in [0.717, 1.165) is 38.5 Å². The molecular weight excluding hydrogens is 192 g/mol. The van der Waals surface area contributed by atoms with Gasteiger partial charge in [0, 0.05) is 13.2 Å². The summed E-state index contributed by atoms with van der Waals surface area (Å²) in [6.07, 6.45) is 3.19. The number of hydrogen-bond donors (Lipinski definition) is 0. The Morgan fingerprint density at radius 3 is 1.79 bits per heavy atom. The van der Waals surface area contributed by atoms with E-state index in [4.69, 9.17) is 8.85 Å². The van der Waals surface area contributed by atoms with Crippen molar-refractivity contribution in [2.45, 2.75) is 46.1 Å². The lowest BCUT2D eigenvalue weighted by atomic mass is 10.5. The van der Waals surface area contributed by atoms with Gasteiger partial charge in [0.1, 0.15) is 0 Å². The highest BCUT2D eigenvalue weighted by Crippen LogP contribution is 2.17. The predicted molar refractivity (Wildman–Crippen MR) is 63.5 cm³/mol. The molecule has 0 rings (SSSR count). The normalized spacial score (nSPS) is 11.6. The van der Waals surface area contributed by atoms with Crippen molar-refractivity contribution in [3.05, 3.63) is 12.3 Å². The highest BCUT2D eigenvalue weighted by atomic mass is 28.4. The molecule has 0 radical (unpaired) electrons. The zero-order chi connectivity index (χ0) is 10.9. The lowest BCUT2D eigenvalue weighted by Gasteiger charge is -2.27. The van der Waals surface area contributed by atoms with Crippen LogP contribution in [0.1, 0.15) is 40.0 Å². The van der Waals surface area contributed by atoms with Gasteiger partial charge >= 0.3 is 8.56 Å². The summed E-state index contributed by atoms with van der Waals surface area (Å²) < 4.78 is 11.7. The summed E-state index contributed by atoms with van der Waals surface area (Å²) in [7, 11) is -2.05. The highest BCUT2D eigenvalue weighted by molar-refractivity contribution is 6.72. The van der Waals surface area contributed by atoms with Gasteiger partial charge in [0.15, 0.2) is 0 Å². The van der Waals surface area contributed by atoms with E-state index in [-0.39, 0.29) is 0 Å². The monoisotopic (exact) mass is 216 g/mol.